The Bertz CT molecular complexity index is 634. The molecule has 0 aliphatic carbocycles. The van der Waals surface area contributed by atoms with Gasteiger partial charge in [-0.3, -0.25) is 0 Å². The van der Waals surface area contributed by atoms with Gasteiger partial charge in [-0.1, -0.05) is 63.9 Å². The Hall–Kier alpha value is -2.66. The average Bonchev–Trinajstić information content (AvgIpc) is 2.72. The van der Waals surface area contributed by atoms with Crippen LogP contribution in [0.3, 0.4) is 0 Å². The van der Waals surface area contributed by atoms with E-state index in [1.54, 1.807) is 13.8 Å². The van der Waals surface area contributed by atoms with Gasteiger partial charge in [0.25, 0.3) is 0 Å². The molecule has 0 amide bonds. The molecule has 0 aliphatic heterocycles. The molecule has 162 valence electrons. The molecule has 1 rings (SSSR count). The van der Waals surface area contributed by atoms with E-state index >= 15 is 0 Å². The van der Waals surface area contributed by atoms with Crippen molar-refractivity contribution >= 4 is 18.0 Å². The number of aryl methyl sites for hydroxylation is 1. The zero-order valence-corrected chi connectivity index (χ0v) is 18.7. The fourth-order valence-electron chi connectivity index (χ4n) is 1.95. The van der Waals surface area contributed by atoms with Crippen LogP contribution in [0.4, 0.5) is 0 Å². The van der Waals surface area contributed by atoms with Crippen molar-refractivity contribution in [3.8, 4) is 0 Å². The zero-order valence-electron chi connectivity index (χ0n) is 18.7. The number of carbonyl (C=O) groups is 2. The molecule has 0 radical (unpaired) electrons. The minimum absolute atomic E-state index is 0.299. The number of likely N-dealkylation sites (N-methyl/N-ethyl adjacent to an activating group) is 1. The van der Waals surface area contributed by atoms with Crippen LogP contribution in [0.1, 0.15) is 38.8 Å². The van der Waals surface area contributed by atoms with Gasteiger partial charge in [-0.15, -0.1) is 0 Å². The van der Waals surface area contributed by atoms with Crippen molar-refractivity contribution < 1.29 is 19.1 Å². The van der Waals surface area contributed by atoms with Crippen LogP contribution in [0.25, 0.3) is 6.08 Å². The molecule has 0 bridgehead atoms. The lowest BCUT2D eigenvalue weighted by Crippen LogP contribution is -2.27. The SMILES string of the molecule is C=C(C)C(=O)OCCN(CC)CC.C=CC(=O)OCC.C=Cc1ccccc1C. The van der Waals surface area contributed by atoms with E-state index in [-0.39, 0.29) is 11.9 Å². The van der Waals surface area contributed by atoms with Crippen molar-refractivity contribution in [2.24, 2.45) is 0 Å². The van der Waals surface area contributed by atoms with Gasteiger partial charge < -0.3 is 14.4 Å². The van der Waals surface area contributed by atoms with Gasteiger partial charge in [-0.05, 0) is 45.0 Å². The normalized spacial score (nSPS) is 9.17. The molecular weight excluding hydrogens is 366 g/mol. The highest BCUT2D eigenvalue weighted by atomic mass is 16.5. The second kappa shape index (κ2) is 18.7. The summed E-state index contributed by atoms with van der Waals surface area (Å²) < 4.78 is 9.39. The second-order valence-electron chi connectivity index (χ2n) is 5.96. The van der Waals surface area contributed by atoms with Crippen molar-refractivity contribution in [2.45, 2.75) is 34.6 Å². The highest BCUT2D eigenvalue weighted by Crippen LogP contribution is 2.06. The number of ether oxygens (including phenoxy) is 2. The predicted molar refractivity (Wildman–Crippen MR) is 122 cm³/mol. The lowest BCUT2D eigenvalue weighted by molar-refractivity contribution is -0.139. The molecule has 0 atom stereocenters. The van der Waals surface area contributed by atoms with Gasteiger partial charge in [-0.2, -0.15) is 0 Å². The topological polar surface area (TPSA) is 55.8 Å². The first kappa shape index (κ1) is 28.5. The minimum Gasteiger partial charge on any atom is -0.463 e. The van der Waals surface area contributed by atoms with Gasteiger partial charge in [0, 0.05) is 18.2 Å². The Balaban J connectivity index is 0. The molecule has 0 aromatic heterocycles. The zero-order chi connectivity index (χ0) is 22.7. The highest BCUT2D eigenvalue weighted by Gasteiger charge is 2.04. The average molecular weight is 404 g/mol. The lowest BCUT2D eigenvalue weighted by atomic mass is 10.1. The van der Waals surface area contributed by atoms with Gasteiger partial charge in [0.15, 0.2) is 0 Å². The van der Waals surface area contributed by atoms with Gasteiger partial charge in [-0.25, -0.2) is 9.59 Å². The van der Waals surface area contributed by atoms with Gasteiger partial charge >= 0.3 is 11.9 Å². The molecule has 0 heterocycles. The van der Waals surface area contributed by atoms with E-state index in [0.29, 0.717) is 18.8 Å². The van der Waals surface area contributed by atoms with Crippen LogP contribution in [-0.2, 0) is 19.1 Å². The third kappa shape index (κ3) is 16.0. The van der Waals surface area contributed by atoms with E-state index in [2.05, 4.69) is 62.3 Å². The van der Waals surface area contributed by atoms with Crippen molar-refractivity contribution in [1.82, 2.24) is 4.90 Å². The lowest BCUT2D eigenvalue weighted by Gasteiger charge is -2.17. The maximum Gasteiger partial charge on any atom is 0.333 e. The summed E-state index contributed by atoms with van der Waals surface area (Å²) in [6.07, 6.45) is 3.01. The Kier molecular flexibility index (Phi) is 18.4. The maximum absolute atomic E-state index is 11.0. The van der Waals surface area contributed by atoms with Crippen LogP contribution in [0.15, 0.2) is 55.7 Å². The van der Waals surface area contributed by atoms with Crippen LogP contribution in [0, 0.1) is 6.92 Å². The molecule has 0 saturated heterocycles. The molecular formula is C24H37NO4. The minimum atomic E-state index is -0.359. The molecule has 0 fully saturated rings. The monoisotopic (exact) mass is 403 g/mol. The summed E-state index contributed by atoms with van der Waals surface area (Å²) in [6.45, 7) is 23.7. The van der Waals surface area contributed by atoms with E-state index in [1.165, 1.54) is 11.1 Å². The number of rotatable bonds is 9. The molecule has 29 heavy (non-hydrogen) atoms. The largest absolute Gasteiger partial charge is 0.463 e. The summed E-state index contributed by atoms with van der Waals surface area (Å²) in [5.41, 5.74) is 2.96. The van der Waals surface area contributed by atoms with E-state index in [9.17, 15) is 9.59 Å². The van der Waals surface area contributed by atoms with Gasteiger partial charge in [0.1, 0.15) is 6.61 Å². The van der Waals surface area contributed by atoms with E-state index in [4.69, 9.17) is 4.74 Å². The third-order valence-electron chi connectivity index (χ3n) is 3.75. The summed E-state index contributed by atoms with van der Waals surface area (Å²) in [5, 5.41) is 0. The van der Waals surface area contributed by atoms with Crippen LogP contribution in [-0.4, -0.2) is 49.7 Å². The molecule has 0 spiro atoms. The van der Waals surface area contributed by atoms with Crippen molar-refractivity contribution in [1.29, 1.82) is 0 Å². The molecule has 0 N–H and O–H groups in total. The Labute approximate surface area is 176 Å². The molecule has 1 aromatic rings. The smallest absolute Gasteiger partial charge is 0.333 e. The number of benzene rings is 1. The summed E-state index contributed by atoms with van der Waals surface area (Å²) in [6, 6.07) is 8.19. The Morgan fingerprint density at radius 2 is 1.66 bits per heavy atom. The maximum atomic E-state index is 11.0. The number of esters is 2. The van der Waals surface area contributed by atoms with E-state index in [0.717, 1.165) is 25.7 Å². The predicted octanol–water partition coefficient (Wildman–Crippen LogP) is 4.82. The standard InChI is InChI=1S/C10H19NO2.C9H10.C5H8O2/c1-5-11(6-2)7-8-13-10(12)9(3)4;1-3-9-7-5-4-6-8(9)2;1-3-5(6)7-4-2/h3,5-8H2,1-2,4H3;3-7H,1H2,2H3;3H,1,4H2,2H3. The summed E-state index contributed by atoms with van der Waals surface area (Å²) in [7, 11) is 0. The van der Waals surface area contributed by atoms with E-state index < -0.39 is 0 Å². The fourth-order valence-corrected chi connectivity index (χ4v) is 1.95. The number of hydrogen-bond donors (Lipinski definition) is 0. The van der Waals surface area contributed by atoms with Gasteiger partial charge in [0.05, 0.1) is 6.61 Å². The molecule has 0 aliphatic rings. The number of carbonyl (C=O) groups excluding carboxylic acids is 2. The van der Waals surface area contributed by atoms with E-state index in [1.807, 2.05) is 18.2 Å². The molecule has 0 saturated carbocycles. The molecule has 5 nitrogen and oxygen atoms in total. The Morgan fingerprint density at radius 1 is 1.07 bits per heavy atom. The first-order valence-corrected chi connectivity index (χ1v) is 9.79. The van der Waals surface area contributed by atoms with Crippen LogP contribution >= 0.6 is 0 Å². The molecule has 1 aromatic carbocycles. The summed E-state index contributed by atoms with van der Waals surface area (Å²) in [4.78, 5) is 23.2. The van der Waals surface area contributed by atoms with Crippen molar-refractivity contribution in [3.05, 3.63) is 66.8 Å². The van der Waals surface area contributed by atoms with Crippen molar-refractivity contribution in [2.75, 3.05) is 32.8 Å². The third-order valence-corrected chi connectivity index (χ3v) is 3.75. The van der Waals surface area contributed by atoms with Crippen LogP contribution < -0.4 is 0 Å². The first-order valence-electron chi connectivity index (χ1n) is 9.79. The number of nitrogens with zero attached hydrogens (tertiary/aromatic N) is 1. The highest BCUT2D eigenvalue weighted by molar-refractivity contribution is 5.86. The quantitative estimate of drug-likeness (QED) is 0.437. The molecule has 0 unspecified atom stereocenters. The summed E-state index contributed by atoms with van der Waals surface area (Å²) >= 11 is 0. The summed E-state index contributed by atoms with van der Waals surface area (Å²) in [5.74, 6) is -0.658. The first-order chi connectivity index (χ1) is 13.8. The van der Waals surface area contributed by atoms with Gasteiger partial charge in [0.2, 0.25) is 0 Å². The van der Waals surface area contributed by atoms with Crippen LogP contribution in [0.5, 0.6) is 0 Å². The number of hydrogen-bond acceptors (Lipinski definition) is 5. The Morgan fingerprint density at radius 3 is 2.00 bits per heavy atom. The van der Waals surface area contributed by atoms with Crippen molar-refractivity contribution in [3.63, 3.8) is 0 Å². The molecule has 5 heteroatoms. The fraction of sp³-hybridized carbons (Fsp3) is 0.417. The second-order valence-corrected chi connectivity index (χ2v) is 5.96. The van der Waals surface area contributed by atoms with Crippen LogP contribution in [0.2, 0.25) is 0 Å².